The van der Waals surface area contributed by atoms with Gasteiger partial charge in [-0.2, -0.15) is 0 Å². The maximum Gasteiger partial charge on any atom is 0.251 e. The van der Waals surface area contributed by atoms with E-state index in [0.717, 1.165) is 18.4 Å². The summed E-state index contributed by atoms with van der Waals surface area (Å²) in [5, 5.41) is 13.0. The zero-order valence-electron chi connectivity index (χ0n) is 11.6. The molecule has 0 saturated heterocycles. The van der Waals surface area contributed by atoms with Crippen LogP contribution in [0.5, 0.6) is 0 Å². The summed E-state index contributed by atoms with van der Waals surface area (Å²) < 4.78 is 0. The fourth-order valence-electron chi connectivity index (χ4n) is 2.81. The minimum Gasteiger partial charge on any atom is -0.391 e. The van der Waals surface area contributed by atoms with E-state index in [0.29, 0.717) is 18.0 Å². The zero-order valence-corrected chi connectivity index (χ0v) is 11.6. The Balaban J connectivity index is 1.84. The Morgan fingerprint density at radius 1 is 1.32 bits per heavy atom. The smallest absolute Gasteiger partial charge is 0.251 e. The Hall–Kier alpha value is -1.35. The van der Waals surface area contributed by atoms with Crippen LogP contribution in [0.4, 0.5) is 0 Å². The lowest BCUT2D eigenvalue weighted by Crippen LogP contribution is -2.37. The number of aryl methyl sites for hydroxylation is 1. The van der Waals surface area contributed by atoms with Crippen molar-refractivity contribution >= 4 is 5.91 Å². The van der Waals surface area contributed by atoms with Gasteiger partial charge in [0.25, 0.3) is 5.91 Å². The predicted molar refractivity (Wildman–Crippen MR) is 76.1 cm³/mol. The Morgan fingerprint density at radius 3 is 2.68 bits per heavy atom. The van der Waals surface area contributed by atoms with Crippen LogP contribution in [0.3, 0.4) is 0 Å². The quantitative estimate of drug-likeness (QED) is 0.875. The summed E-state index contributed by atoms with van der Waals surface area (Å²) in [6.07, 6.45) is 5.44. The summed E-state index contributed by atoms with van der Waals surface area (Å²) in [6, 6.07) is 7.52. The van der Waals surface area contributed by atoms with Crippen LogP contribution in [0, 0.1) is 12.8 Å². The van der Waals surface area contributed by atoms with Crippen molar-refractivity contribution in [1.29, 1.82) is 0 Å². The molecule has 2 N–H and O–H groups in total. The summed E-state index contributed by atoms with van der Waals surface area (Å²) in [5.74, 6) is 0.263. The molecule has 2 rings (SSSR count). The summed E-state index contributed by atoms with van der Waals surface area (Å²) >= 11 is 0. The van der Waals surface area contributed by atoms with Crippen molar-refractivity contribution in [2.75, 3.05) is 6.54 Å². The first-order valence-corrected chi connectivity index (χ1v) is 7.20. The number of carbonyl (C=O) groups is 1. The average Bonchev–Trinajstić information content (AvgIpc) is 2.46. The van der Waals surface area contributed by atoms with Gasteiger partial charge in [-0.25, -0.2) is 0 Å². The van der Waals surface area contributed by atoms with Crippen LogP contribution in [-0.4, -0.2) is 23.7 Å². The second kappa shape index (κ2) is 6.71. The SMILES string of the molecule is Cc1ccccc1C(=O)NC[C@@H](O)C1CCCCC1. The molecule has 1 aliphatic rings. The van der Waals surface area contributed by atoms with Gasteiger partial charge in [0.05, 0.1) is 6.10 Å². The number of hydrogen-bond acceptors (Lipinski definition) is 2. The van der Waals surface area contributed by atoms with Crippen molar-refractivity contribution in [3.63, 3.8) is 0 Å². The molecule has 0 heterocycles. The van der Waals surface area contributed by atoms with Gasteiger partial charge in [-0.05, 0) is 37.3 Å². The number of hydrogen-bond donors (Lipinski definition) is 2. The number of amides is 1. The molecule has 3 nitrogen and oxygen atoms in total. The molecule has 0 bridgehead atoms. The maximum atomic E-state index is 12.0. The molecule has 1 aromatic rings. The van der Waals surface area contributed by atoms with Crippen molar-refractivity contribution in [2.45, 2.75) is 45.1 Å². The number of aliphatic hydroxyl groups is 1. The normalized spacial score (nSPS) is 18.0. The highest BCUT2D eigenvalue weighted by Gasteiger charge is 2.22. The van der Waals surface area contributed by atoms with Crippen molar-refractivity contribution in [3.05, 3.63) is 35.4 Å². The molecular weight excluding hydrogens is 238 g/mol. The molecule has 0 aliphatic heterocycles. The molecule has 1 atom stereocenters. The largest absolute Gasteiger partial charge is 0.391 e. The number of aliphatic hydroxyl groups excluding tert-OH is 1. The Morgan fingerprint density at radius 2 is 2.00 bits per heavy atom. The number of rotatable bonds is 4. The molecule has 3 heteroatoms. The van der Waals surface area contributed by atoms with E-state index in [1.54, 1.807) is 0 Å². The third kappa shape index (κ3) is 3.80. The molecule has 104 valence electrons. The molecule has 1 saturated carbocycles. The fourth-order valence-corrected chi connectivity index (χ4v) is 2.81. The second-order valence-electron chi connectivity index (χ2n) is 5.49. The predicted octanol–water partition coefficient (Wildman–Crippen LogP) is 2.67. The minimum atomic E-state index is -0.409. The first-order valence-electron chi connectivity index (χ1n) is 7.20. The number of benzene rings is 1. The van der Waals surface area contributed by atoms with E-state index in [9.17, 15) is 9.90 Å². The standard InChI is InChI=1S/C16H23NO2/c1-12-7-5-6-10-14(12)16(19)17-11-15(18)13-8-3-2-4-9-13/h5-7,10,13,15,18H,2-4,8-9,11H2,1H3,(H,17,19)/t15-/m1/s1. The average molecular weight is 261 g/mol. The molecule has 0 radical (unpaired) electrons. The highest BCUT2D eigenvalue weighted by molar-refractivity contribution is 5.95. The molecular formula is C16H23NO2. The lowest BCUT2D eigenvalue weighted by atomic mass is 9.85. The van der Waals surface area contributed by atoms with Crippen molar-refractivity contribution in [2.24, 2.45) is 5.92 Å². The van der Waals surface area contributed by atoms with Gasteiger partial charge in [-0.3, -0.25) is 4.79 Å². The van der Waals surface area contributed by atoms with Crippen molar-refractivity contribution in [1.82, 2.24) is 5.32 Å². The van der Waals surface area contributed by atoms with Crippen molar-refractivity contribution in [3.8, 4) is 0 Å². The van der Waals surface area contributed by atoms with E-state index < -0.39 is 6.10 Å². The lowest BCUT2D eigenvalue weighted by Gasteiger charge is -2.26. The number of carbonyl (C=O) groups excluding carboxylic acids is 1. The van der Waals surface area contributed by atoms with Gasteiger partial charge in [0, 0.05) is 12.1 Å². The van der Waals surface area contributed by atoms with E-state index in [1.807, 2.05) is 31.2 Å². The summed E-state index contributed by atoms with van der Waals surface area (Å²) in [7, 11) is 0. The first kappa shape index (κ1) is 14.1. The van der Waals surface area contributed by atoms with Crippen molar-refractivity contribution < 1.29 is 9.90 Å². The van der Waals surface area contributed by atoms with Crippen LogP contribution in [-0.2, 0) is 0 Å². The van der Waals surface area contributed by atoms with Gasteiger partial charge in [0.2, 0.25) is 0 Å². The van der Waals surface area contributed by atoms with Gasteiger partial charge in [0.15, 0.2) is 0 Å². The van der Waals surface area contributed by atoms with Gasteiger partial charge in [-0.15, -0.1) is 0 Å². The summed E-state index contributed by atoms with van der Waals surface area (Å²) in [5.41, 5.74) is 1.66. The molecule has 0 aromatic heterocycles. The van der Waals surface area contributed by atoms with Gasteiger partial charge >= 0.3 is 0 Å². The first-order chi connectivity index (χ1) is 9.18. The van der Waals surface area contributed by atoms with Crippen LogP contribution in [0.2, 0.25) is 0 Å². The van der Waals surface area contributed by atoms with E-state index >= 15 is 0 Å². The Labute approximate surface area is 115 Å². The lowest BCUT2D eigenvalue weighted by molar-refractivity contribution is 0.0738. The van der Waals surface area contributed by atoms with Crippen LogP contribution in [0.1, 0.15) is 48.0 Å². The van der Waals surface area contributed by atoms with E-state index in [-0.39, 0.29) is 5.91 Å². The van der Waals surface area contributed by atoms with E-state index in [1.165, 1.54) is 19.3 Å². The molecule has 1 aromatic carbocycles. The third-order valence-corrected chi connectivity index (χ3v) is 4.06. The monoisotopic (exact) mass is 261 g/mol. The number of nitrogens with one attached hydrogen (secondary N) is 1. The topological polar surface area (TPSA) is 49.3 Å². The Kier molecular flexibility index (Phi) is 4.97. The molecule has 1 aliphatic carbocycles. The minimum absolute atomic E-state index is 0.0899. The van der Waals surface area contributed by atoms with Crippen LogP contribution in [0.25, 0.3) is 0 Å². The van der Waals surface area contributed by atoms with E-state index in [2.05, 4.69) is 5.32 Å². The fraction of sp³-hybridized carbons (Fsp3) is 0.562. The van der Waals surface area contributed by atoms with Crippen LogP contribution in [0.15, 0.2) is 24.3 Å². The molecule has 0 spiro atoms. The summed E-state index contributed by atoms with van der Waals surface area (Å²) in [6.45, 7) is 2.28. The highest BCUT2D eigenvalue weighted by Crippen LogP contribution is 2.26. The van der Waals surface area contributed by atoms with E-state index in [4.69, 9.17) is 0 Å². The maximum absolute atomic E-state index is 12.0. The molecule has 0 unspecified atom stereocenters. The molecule has 19 heavy (non-hydrogen) atoms. The molecule has 1 fully saturated rings. The van der Waals surface area contributed by atoms with Gasteiger partial charge in [0.1, 0.15) is 0 Å². The third-order valence-electron chi connectivity index (χ3n) is 4.06. The van der Waals surface area contributed by atoms with Crippen LogP contribution >= 0.6 is 0 Å². The second-order valence-corrected chi connectivity index (χ2v) is 5.49. The van der Waals surface area contributed by atoms with Gasteiger partial charge in [-0.1, -0.05) is 37.5 Å². The Bertz CT molecular complexity index is 425. The summed E-state index contributed by atoms with van der Waals surface area (Å²) in [4.78, 5) is 12.0. The zero-order chi connectivity index (χ0) is 13.7. The molecule has 1 amide bonds. The van der Waals surface area contributed by atoms with Gasteiger partial charge < -0.3 is 10.4 Å². The van der Waals surface area contributed by atoms with Crippen LogP contribution < -0.4 is 5.32 Å². The highest BCUT2D eigenvalue weighted by atomic mass is 16.3.